The Morgan fingerprint density at radius 2 is 2.04 bits per heavy atom. The molecular formula is C17H22N4O3S2. The van der Waals surface area contributed by atoms with Gasteiger partial charge in [0.15, 0.2) is 5.78 Å². The SMILES string of the molecule is CCCc1nnc(NCC(=O)c2cccc(S(=O)(=O)N3CCCC3)c2)s1. The average Bonchev–Trinajstić information content (AvgIpc) is 3.32. The molecule has 3 rings (SSSR count). The van der Waals surface area contributed by atoms with E-state index in [4.69, 9.17) is 0 Å². The maximum Gasteiger partial charge on any atom is 0.243 e. The predicted octanol–water partition coefficient (Wildman–Crippen LogP) is 2.57. The quantitative estimate of drug-likeness (QED) is 0.692. The molecule has 0 radical (unpaired) electrons. The lowest BCUT2D eigenvalue weighted by Crippen LogP contribution is -2.28. The summed E-state index contributed by atoms with van der Waals surface area (Å²) in [7, 11) is -3.52. The van der Waals surface area contributed by atoms with Crippen molar-refractivity contribution in [1.82, 2.24) is 14.5 Å². The Kier molecular flexibility index (Phi) is 6.00. The normalized spacial score (nSPS) is 15.3. The van der Waals surface area contributed by atoms with E-state index in [9.17, 15) is 13.2 Å². The molecule has 9 heteroatoms. The van der Waals surface area contributed by atoms with Crippen LogP contribution in [0.1, 0.15) is 41.6 Å². The third-order valence-corrected chi connectivity index (χ3v) is 7.03. The molecule has 0 unspecified atom stereocenters. The number of anilines is 1. The maximum absolute atomic E-state index is 12.6. The van der Waals surface area contributed by atoms with Gasteiger partial charge in [0, 0.05) is 25.1 Å². The van der Waals surface area contributed by atoms with Crippen LogP contribution in [0.3, 0.4) is 0 Å². The van der Waals surface area contributed by atoms with Crippen molar-refractivity contribution in [2.24, 2.45) is 0 Å². The monoisotopic (exact) mass is 394 g/mol. The van der Waals surface area contributed by atoms with Crippen molar-refractivity contribution < 1.29 is 13.2 Å². The fraction of sp³-hybridized carbons (Fsp3) is 0.471. The number of nitrogens with one attached hydrogen (secondary N) is 1. The lowest BCUT2D eigenvalue weighted by atomic mass is 10.1. The van der Waals surface area contributed by atoms with Gasteiger partial charge in [-0.3, -0.25) is 4.79 Å². The van der Waals surface area contributed by atoms with Gasteiger partial charge in [0.05, 0.1) is 11.4 Å². The molecule has 0 saturated carbocycles. The number of nitrogens with zero attached hydrogens (tertiary/aromatic N) is 3. The van der Waals surface area contributed by atoms with Crippen molar-refractivity contribution in [3.05, 3.63) is 34.8 Å². The van der Waals surface area contributed by atoms with Gasteiger partial charge < -0.3 is 5.32 Å². The minimum atomic E-state index is -3.52. The largest absolute Gasteiger partial charge is 0.353 e. The molecule has 1 aromatic heterocycles. The molecule has 0 aliphatic carbocycles. The smallest absolute Gasteiger partial charge is 0.243 e. The van der Waals surface area contributed by atoms with E-state index in [0.717, 1.165) is 30.7 Å². The number of aryl methyl sites for hydroxylation is 1. The predicted molar refractivity (Wildman–Crippen MR) is 101 cm³/mol. The van der Waals surface area contributed by atoms with Crippen molar-refractivity contribution in [3.63, 3.8) is 0 Å². The lowest BCUT2D eigenvalue weighted by Gasteiger charge is -2.15. The Morgan fingerprint density at radius 1 is 1.27 bits per heavy atom. The Bertz CT molecular complexity index is 874. The van der Waals surface area contributed by atoms with E-state index in [0.29, 0.717) is 23.8 Å². The number of hydrogen-bond acceptors (Lipinski definition) is 7. The van der Waals surface area contributed by atoms with E-state index in [1.165, 1.54) is 21.7 Å². The summed E-state index contributed by atoms with van der Waals surface area (Å²) in [5.41, 5.74) is 0.371. The molecule has 2 heterocycles. The second-order valence-electron chi connectivity index (χ2n) is 6.17. The summed E-state index contributed by atoms with van der Waals surface area (Å²) in [6.07, 6.45) is 3.61. The molecule has 140 valence electrons. The number of aromatic nitrogens is 2. The fourth-order valence-electron chi connectivity index (χ4n) is 2.81. The highest BCUT2D eigenvalue weighted by Crippen LogP contribution is 2.22. The van der Waals surface area contributed by atoms with Gasteiger partial charge in [0.25, 0.3) is 0 Å². The van der Waals surface area contributed by atoms with Crippen LogP contribution in [0.15, 0.2) is 29.2 Å². The highest BCUT2D eigenvalue weighted by Gasteiger charge is 2.27. The molecule has 2 aromatic rings. The standard InChI is InChI=1S/C17H22N4O3S2/c1-2-6-16-19-20-17(25-16)18-12-15(22)13-7-5-8-14(11-13)26(23,24)21-9-3-4-10-21/h5,7-8,11H,2-4,6,9-10,12H2,1H3,(H,18,20). The Labute approximate surface area is 157 Å². The molecule has 1 aliphatic rings. The molecule has 1 fully saturated rings. The topological polar surface area (TPSA) is 92.3 Å². The summed E-state index contributed by atoms with van der Waals surface area (Å²) in [5.74, 6) is -0.185. The van der Waals surface area contributed by atoms with Crippen LogP contribution in [-0.4, -0.2) is 48.3 Å². The zero-order chi connectivity index (χ0) is 18.6. The molecule has 0 atom stereocenters. The first kappa shape index (κ1) is 18.9. The molecule has 1 N–H and O–H groups in total. The van der Waals surface area contributed by atoms with Crippen molar-refractivity contribution in [2.45, 2.75) is 37.5 Å². The number of rotatable bonds is 8. The van der Waals surface area contributed by atoms with Crippen molar-refractivity contribution in [3.8, 4) is 0 Å². The number of benzene rings is 1. The summed E-state index contributed by atoms with van der Waals surface area (Å²) >= 11 is 1.43. The van der Waals surface area contributed by atoms with Crippen molar-refractivity contribution >= 4 is 32.3 Å². The van der Waals surface area contributed by atoms with E-state index in [1.807, 2.05) is 0 Å². The molecule has 1 aliphatic heterocycles. The van der Waals surface area contributed by atoms with Crippen LogP contribution in [0.2, 0.25) is 0 Å². The zero-order valence-corrected chi connectivity index (χ0v) is 16.3. The first-order chi connectivity index (χ1) is 12.5. The Morgan fingerprint density at radius 3 is 2.77 bits per heavy atom. The summed E-state index contributed by atoms with van der Waals surface area (Å²) < 4.78 is 26.7. The van der Waals surface area contributed by atoms with Crippen LogP contribution in [0.25, 0.3) is 0 Å². The van der Waals surface area contributed by atoms with Crippen molar-refractivity contribution in [2.75, 3.05) is 25.0 Å². The summed E-state index contributed by atoms with van der Waals surface area (Å²) in [4.78, 5) is 12.6. The van der Waals surface area contributed by atoms with E-state index >= 15 is 0 Å². The number of ketones is 1. The summed E-state index contributed by atoms with van der Waals surface area (Å²) in [6, 6.07) is 6.25. The van der Waals surface area contributed by atoms with Gasteiger partial charge in [-0.05, 0) is 31.4 Å². The van der Waals surface area contributed by atoms with Crippen LogP contribution in [0.4, 0.5) is 5.13 Å². The minimum absolute atomic E-state index is 0.0496. The lowest BCUT2D eigenvalue weighted by molar-refractivity contribution is 0.101. The molecule has 1 saturated heterocycles. The van der Waals surface area contributed by atoms with Gasteiger partial charge in [0.2, 0.25) is 15.2 Å². The molecule has 0 amide bonds. The van der Waals surface area contributed by atoms with Crippen molar-refractivity contribution in [1.29, 1.82) is 0 Å². The Hall–Kier alpha value is -1.84. The van der Waals surface area contributed by atoms with Gasteiger partial charge in [-0.15, -0.1) is 10.2 Å². The van der Waals surface area contributed by atoms with Crippen LogP contribution < -0.4 is 5.32 Å². The van der Waals surface area contributed by atoms with Crippen LogP contribution in [0.5, 0.6) is 0 Å². The van der Waals surface area contributed by atoms with E-state index in [-0.39, 0.29) is 17.2 Å². The summed E-state index contributed by atoms with van der Waals surface area (Å²) in [5, 5.41) is 12.6. The molecule has 1 aromatic carbocycles. The fourth-order valence-corrected chi connectivity index (χ4v) is 5.21. The number of Topliss-reactive ketones (excluding diaryl/α,β-unsaturated/α-hetero) is 1. The summed E-state index contributed by atoms with van der Waals surface area (Å²) in [6.45, 7) is 3.20. The zero-order valence-electron chi connectivity index (χ0n) is 14.6. The Balaban J connectivity index is 1.67. The van der Waals surface area contributed by atoms with Gasteiger partial charge in [-0.1, -0.05) is 30.4 Å². The van der Waals surface area contributed by atoms with E-state index in [2.05, 4.69) is 22.4 Å². The molecular weight excluding hydrogens is 372 g/mol. The third kappa shape index (κ3) is 4.28. The number of hydrogen-bond donors (Lipinski definition) is 1. The van der Waals surface area contributed by atoms with Gasteiger partial charge in [-0.25, -0.2) is 8.42 Å². The van der Waals surface area contributed by atoms with E-state index < -0.39 is 10.0 Å². The van der Waals surface area contributed by atoms with Crippen LogP contribution in [0, 0.1) is 0 Å². The molecule has 7 nitrogen and oxygen atoms in total. The number of sulfonamides is 1. The van der Waals surface area contributed by atoms with Crippen LogP contribution >= 0.6 is 11.3 Å². The molecule has 0 bridgehead atoms. The third-order valence-electron chi connectivity index (χ3n) is 4.19. The van der Waals surface area contributed by atoms with E-state index in [1.54, 1.807) is 18.2 Å². The molecule has 26 heavy (non-hydrogen) atoms. The second-order valence-corrected chi connectivity index (χ2v) is 9.17. The van der Waals surface area contributed by atoms with Gasteiger partial charge in [0.1, 0.15) is 5.01 Å². The highest BCUT2D eigenvalue weighted by molar-refractivity contribution is 7.89. The van der Waals surface area contributed by atoms with Gasteiger partial charge in [-0.2, -0.15) is 4.31 Å². The van der Waals surface area contributed by atoms with Gasteiger partial charge >= 0.3 is 0 Å². The average molecular weight is 395 g/mol. The van der Waals surface area contributed by atoms with Crippen LogP contribution in [-0.2, 0) is 16.4 Å². The first-order valence-corrected chi connectivity index (χ1v) is 11.0. The maximum atomic E-state index is 12.6. The number of carbonyl (C=O) groups is 1. The molecule has 0 spiro atoms. The minimum Gasteiger partial charge on any atom is -0.353 e. The highest BCUT2D eigenvalue weighted by atomic mass is 32.2. The second kappa shape index (κ2) is 8.24. The number of carbonyl (C=O) groups excluding carboxylic acids is 1. The first-order valence-electron chi connectivity index (χ1n) is 8.70.